The van der Waals surface area contributed by atoms with Gasteiger partial charge in [0.15, 0.2) is 0 Å². The van der Waals surface area contributed by atoms with Crippen LogP contribution in [0.4, 0.5) is 4.39 Å². The summed E-state index contributed by atoms with van der Waals surface area (Å²) in [5, 5.41) is 0.843. The Morgan fingerprint density at radius 1 is 1.41 bits per heavy atom. The van der Waals surface area contributed by atoms with Gasteiger partial charge in [0, 0.05) is 12.4 Å². The average molecular weight is 303 g/mol. The quantitative estimate of drug-likeness (QED) is 0.703. The maximum Gasteiger partial charge on any atom is 0.123 e. The Hall–Kier alpha value is -0.410. The van der Waals surface area contributed by atoms with E-state index in [-0.39, 0.29) is 11.4 Å². The average Bonchev–Trinajstić information content (AvgIpc) is 2.30. The molecule has 0 aliphatic carbocycles. The molecular formula is C14H20BrFO. The van der Waals surface area contributed by atoms with Gasteiger partial charge in [0.2, 0.25) is 0 Å². The van der Waals surface area contributed by atoms with Crippen molar-refractivity contribution in [2.75, 3.05) is 12.4 Å². The minimum absolute atomic E-state index is 0.117. The Bertz CT molecular complexity index is 352. The molecule has 0 aromatic heterocycles. The lowest BCUT2D eigenvalue weighted by Crippen LogP contribution is -2.23. The lowest BCUT2D eigenvalue weighted by Gasteiger charge is -2.25. The van der Waals surface area contributed by atoms with Gasteiger partial charge in [0.05, 0.1) is 5.60 Å². The van der Waals surface area contributed by atoms with Crippen molar-refractivity contribution in [2.45, 2.75) is 38.2 Å². The van der Waals surface area contributed by atoms with Gasteiger partial charge in [-0.3, -0.25) is 0 Å². The number of benzene rings is 1. The number of hydrogen-bond donors (Lipinski definition) is 0. The Balaban J connectivity index is 2.66. The molecule has 1 aromatic carbocycles. The maximum absolute atomic E-state index is 13.2. The summed E-state index contributed by atoms with van der Waals surface area (Å²) in [5.74, 6) is 0.166. The zero-order chi connectivity index (χ0) is 12.9. The van der Waals surface area contributed by atoms with E-state index >= 15 is 0 Å². The highest BCUT2D eigenvalue weighted by Gasteiger charge is 2.19. The monoisotopic (exact) mass is 302 g/mol. The first kappa shape index (κ1) is 14.7. The van der Waals surface area contributed by atoms with Crippen LogP contribution in [0.15, 0.2) is 24.3 Å². The Labute approximate surface area is 111 Å². The molecule has 0 heterocycles. The Morgan fingerprint density at radius 3 is 2.65 bits per heavy atom. The van der Waals surface area contributed by atoms with E-state index in [1.807, 2.05) is 6.07 Å². The van der Waals surface area contributed by atoms with Gasteiger partial charge >= 0.3 is 0 Å². The van der Waals surface area contributed by atoms with Gasteiger partial charge in [-0.1, -0.05) is 28.1 Å². The van der Waals surface area contributed by atoms with Crippen LogP contribution in [0.5, 0.6) is 0 Å². The van der Waals surface area contributed by atoms with E-state index < -0.39 is 0 Å². The van der Waals surface area contributed by atoms with Crippen molar-refractivity contribution < 1.29 is 9.13 Å². The zero-order valence-electron chi connectivity index (χ0n) is 10.7. The molecule has 1 aromatic rings. The minimum atomic E-state index is -0.167. The van der Waals surface area contributed by atoms with E-state index in [0.717, 1.165) is 23.7 Å². The summed E-state index contributed by atoms with van der Waals surface area (Å²) in [6.45, 7) is 4.15. The van der Waals surface area contributed by atoms with Gasteiger partial charge in [-0.15, -0.1) is 0 Å². The van der Waals surface area contributed by atoms with Crippen molar-refractivity contribution in [1.82, 2.24) is 0 Å². The molecule has 0 amide bonds. The molecule has 0 aliphatic rings. The van der Waals surface area contributed by atoms with Crippen LogP contribution in [-0.2, 0) is 4.74 Å². The van der Waals surface area contributed by atoms with E-state index in [1.54, 1.807) is 19.2 Å². The van der Waals surface area contributed by atoms with Crippen LogP contribution in [0.25, 0.3) is 0 Å². The summed E-state index contributed by atoms with van der Waals surface area (Å²) in [6.07, 6.45) is 1.94. The van der Waals surface area contributed by atoms with Crippen molar-refractivity contribution in [3.8, 4) is 0 Å². The van der Waals surface area contributed by atoms with Crippen LogP contribution >= 0.6 is 15.9 Å². The normalized spacial score (nSPS) is 13.7. The first-order valence-electron chi connectivity index (χ1n) is 5.85. The van der Waals surface area contributed by atoms with Gasteiger partial charge in [-0.2, -0.15) is 0 Å². The third-order valence-corrected chi connectivity index (χ3v) is 3.94. The second-order valence-corrected chi connectivity index (χ2v) is 5.56. The summed E-state index contributed by atoms with van der Waals surface area (Å²) >= 11 is 3.50. The molecule has 0 bridgehead atoms. The molecule has 0 saturated carbocycles. The van der Waals surface area contributed by atoms with Crippen LogP contribution in [-0.4, -0.2) is 18.0 Å². The maximum atomic E-state index is 13.2. The number of ether oxygens (including phenoxy) is 1. The molecule has 0 aliphatic heterocycles. The predicted molar refractivity (Wildman–Crippen MR) is 73.3 cm³/mol. The van der Waals surface area contributed by atoms with Crippen molar-refractivity contribution in [3.63, 3.8) is 0 Å². The summed E-state index contributed by atoms with van der Waals surface area (Å²) in [7, 11) is 1.73. The van der Waals surface area contributed by atoms with Crippen molar-refractivity contribution in [3.05, 3.63) is 35.6 Å². The van der Waals surface area contributed by atoms with E-state index in [2.05, 4.69) is 29.8 Å². The summed E-state index contributed by atoms with van der Waals surface area (Å²) in [4.78, 5) is 0. The molecular weight excluding hydrogens is 283 g/mol. The molecule has 0 N–H and O–H groups in total. The summed E-state index contributed by atoms with van der Waals surface area (Å²) < 4.78 is 18.6. The number of alkyl halides is 1. The number of halogens is 2. The fourth-order valence-corrected chi connectivity index (χ4v) is 2.41. The highest BCUT2D eigenvalue weighted by molar-refractivity contribution is 9.09. The second-order valence-electron chi connectivity index (χ2n) is 4.91. The third-order valence-electron chi connectivity index (χ3n) is 3.15. The van der Waals surface area contributed by atoms with Gasteiger partial charge in [0.25, 0.3) is 0 Å². The van der Waals surface area contributed by atoms with Gasteiger partial charge in [-0.05, 0) is 50.3 Å². The highest BCUT2D eigenvalue weighted by Crippen LogP contribution is 2.28. The molecule has 0 radical (unpaired) electrons. The molecule has 0 saturated heterocycles. The van der Waals surface area contributed by atoms with Crippen molar-refractivity contribution >= 4 is 15.9 Å². The zero-order valence-corrected chi connectivity index (χ0v) is 12.3. The largest absolute Gasteiger partial charge is 0.379 e. The summed E-state index contributed by atoms with van der Waals surface area (Å²) in [6, 6.07) is 6.84. The van der Waals surface area contributed by atoms with Gasteiger partial charge in [0.1, 0.15) is 5.82 Å². The molecule has 1 rings (SSSR count). The minimum Gasteiger partial charge on any atom is -0.379 e. The van der Waals surface area contributed by atoms with Crippen LogP contribution in [0.3, 0.4) is 0 Å². The molecule has 0 fully saturated rings. The Kier molecular flexibility index (Phi) is 5.60. The standard InChI is InChI=1S/C14H20BrFO/c1-14(2,17-3)8-7-12(10-15)11-5-4-6-13(16)9-11/h4-6,9,12H,7-8,10H2,1-3H3. The van der Waals surface area contributed by atoms with Gasteiger partial charge < -0.3 is 4.74 Å². The first-order valence-corrected chi connectivity index (χ1v) is 6.97. The number of hydrogen-bond acceptors (Lipinski definition) is 1. The van der Waals surface area contributed by atoms with E-state index in [9.17, 15) is 4.39 Å². The van der Waals surface area contributed by atoms with E-state index in [0.29, 0.717) is 5.92 Å². The highest BCUT2D eigenvalue weighted by atomic mass is 79.9. The smallest absolute Gasteiger partial charge is 0.123 e. The summed E-state index contributed by atoms with van der Waals surface area (Å²) in [5.41, 5.74) is 0.932. The lowest BCUT2D eigenvalue weighted by atomic mass is 9.91. The van der Waals surface area contributed by atoms with Crippen molar-refractivity contribution in [1.29, 1.82) is 0 Å². The first-order chi connectivity index (χ1) is 7.98. The fourth-order valence-electron chi connectivity index (χ4n) is 1.72. The van der Waals surface area contributed by atoms with Crippen LogP contribution in [0.2, 0.25) is 0 Å². The fraction of sp³-hybridized carbons (Fsp3) is 0.571. The molecule has 0 spiro atoms. The number of rotatable bonds is 6. The number of methoxy groups -OCH3 is 1. The van der Waals surface area contributed by atoms with Crippen molar-refractivity contribution in [2.24, 2.45) is 0 Å². The second kappa shape index (κ2) is 6.50. The van der Waals surface area contributed by atoms with Crippen LogP contribution < -0.4 is 0 Å². The molecule has 1 atom stereocenters. The van der Waals surface area contributed by atoms with E-state index in [1.165, 1.54) is 6.07 Å². The van der Waals surface area contributed by atoms with E-state index in [4.69, 9.17) is 4.74 Å². The van der Waals surface area contributed by atoms with Crippen LogP contribution in [0, 0.1) is 5.82 Å². The molecule has 96 valence electrons. The third kappa shape index (κ3) is 4.76. The Morgan fingerprint density at radius 2 is 2.12 bits per heavy atom. The lowest BCUT2D eigenvalue weighted by molar-refractivity contribution is 0.0128. The molecule has 3 heteroatoms. The van der Waals surface area contributed by atoms with Gasteiger partial charge in [-0.25, -0.2) is 4.39 Å². The topological polar surface area (TPSA) is 9.23 Å². The molecule has 1 nitrogen and oxygen atoms in total. The molecule has 1 unspecified atom stereocenters. The SMILES string of the molecule is COC(C)(C)CCC(CBr)c1cccc(F)c1. The predicted octanol–water partition coefficient (Wildman–Crippen LogP) is 4.51. The molecule has 17 heavy (non-hydrogen) atoms. The van der Waals surface area contributed by atoms with Crippen LogP contribution in [0.1, 0.15) is 38.2 Å².